The summed E-state index contributed by atoms with van der Waals surface area (Å²) in [6.45, 7) is 1.90. The fourth-order valence-corrected chi connectivity index (χ4v) is 3.20. The minimum atomic E-state index is -0.364. The van der Waals surface area contributed by atoms with Gasteiger partial charge in [-0.2, -0.15) is 10.2 Å². The van der Waals surface area contributed by atoms with Crippen molar-refractivity contribution in [1.29, 1.82) is 0 Å². The van der Waals surface area contributed by atoms with E-state index < -0.39 is 0 Å². The SMILES string of the molecule is COc1ccc(Cl)cc1-c1cc(NC(=O)c2ccc3c(C)nn(C)c3n2)n[nH]1. The number of hydrogen-bond acceptors (Lipinski definition) is 5. The Morgan fingerprint density at radius 1 is 1.25 bits per heavy atom. The van der Waals surface area contributed by atoms with Gasteiger partial charge in [-0.3, -0.25) is 14.6 Å². The zero-order chi connectivity index (χ0) is 19.8. The Balaban J connectivity index is 1.60. The Bertz CT molecular complexity index is 1200. The van der Waals surface area contributed by atoms with E-state index in [4.69, 9.17) is 16.3 Å². The molecule has 8 nitrogen and oxygen atoms in total. The lowest BCUT2D eigenvalue weighted by Gasteiger charge is -2.06. The Hall–Kier alpha value is -3.39. The number of aromatic amines is 1. The van der Waals surface area contributed by atoms with Gasteiger partial charge < -0.3 is 10.1 Å². The van der Waals surface area contributed by atoms with E-state index in [1.165, 1.54) is 0 Å². The summed E-state index contributed by atoms with van der Waals surface area (Å²) in [5.74, 6) is 0.645. The fraction of sp³-hybridized carbons (Fsp3) is 0.158. The van der Waals surface area contributed by atoms with Crippen LogP contribution < -0.4 is 10.1 Å². The van der Waals surface area contributed by atoms with Gasteiger partial charge in [-0.05, 0) is 37.3 Å². The average Bonchev–Trinajstić information content (AvgIpc) is 3.26. The normalized spacial score (nSPS) is 11.0. The highest BCUT2D eigenvalue weighted by Crippen LogP contribution is 2.32. The van der Waals surface area contributed by atoms with Gasteiger partial charge in [-0.15, -0.1) is 0 Å². The smallest absolute Gasteiger partial charge is 0.275 e. The second-order valence-electron chi connectivity index (χ2n) is 6.24. The summed E-state index contributed by atoms with van der Waals surface area (Å²) < 4.78 is 7.01. The van der Waals surface area contributed by atoms with Gasteiger partial charge in [0.05, 0.1) is 18.5 Å². The highest BCUT2D eigenvalue weighted by atomic mass is 35.5. The van der Waals surface area contributed by atoms with Crippen molar-refractivity contribution in [1.82, 2.24) is 25.0 Å². The van der Waals surface area contributed by atoms with Crippen LogP contribution in [0.2, 0.25) is 5.02 Å². The van der Waals surface area contributed by atoms with Crippen molar-refractivity contribution in [2.45, 2.75) is 6.92 Å². The van der Waals surface area contributed by atoms with Crippen LogP contribution in [-0.4, -0.2) is 38.0 Å². The number of nitrogens with zero attached hydrogens (tertiary/aromatic N) is 4. The molecule has 142 valence electrons. The van der Waals surface area contributed by atoms with Crippen LogP contribution in [0.1, 0.15) is 16.2 Å². The third-order valence-corrected chi connectivity index (χ3v) is 4.61. The van der Waals surface area contributed by atoms with E-state index >= 15 is 0 Å². The second kappa shape index (κ2) is 6.97. The number of aryl methyl sites for hydroxylation is 2. The first-order valence-electron chi connectivity index (χ1n) is 8.47. The Morgan fingerprint density at radius 3 is 2.86 bits per heavy atom. The molecule has 4 aromatic rings. The summed E-state index contributed by atoms with van der Waals surface area (Å²) in [6.07, 6.45) is 0. The molecule has 1 aromatic carbocycles. The molecule has 0 unspecified atom stereocenters. The average molecular weight is 397 g/mol. The number of aromatic nitrogens is 5. The lowest BCUT2D eigenvalue weighted by atomic mass is 10.1. The number of halogens is 1. The van der Waals surface area contributed by atoms with Gasteiger partial charge >= 0.3 is 0 Å². The van der Waals surface area contributed by atoms with Crippen LogP contribution >= 0.6 is 11.6 Å². The van der Waals surface area contributed by atoms with Gasteiger partial charge in [0.2, 0.25) is 0 Å². The summed E-state index contributed by atoms with van der Waals surface area (Å²) in [5, 5.41) is 15.6. The highest BCUT2D eigenvalue weighted by Gasteiger charge is 2.15. The third-order valence-electron chi connectivity index (χ3n) is 4.38. The van der Waals surface area contributed by atoms with Gasteiger partial charge in [-0.25, -0.2) is 4.98 Å². The number of benzene rings is 1. The molecular formula is C19H17ClN6O2. The first-order valence-corrected chi connectivity index (χ1v) is 8.85. The van der Waals surface area contributed by atoms with Crippen LogP contribution in [0, 0.1) is 6.92 Å². The number of rotatable bonds is 4. The van der Waals surface area contributed by atoms with Crippen LogP contribution in [0.5, 0.6) is 5.75 Å². The van der Waals surface area contributed by atoms with Crippen LogP contribution in [0.25, 0.3) is 22.3 Å². The maximum atomic E-state index is 12.6. The second-order valence-corrected chi connectivity index (χ2v) is 6.68. The molecular weight excluding hydrogens is 380 g/mol. The van der Waals surface area contributed by atoms with Gasteiger partial charge in [0.15, 0.2) is 11.5 Å². The predicted octanol–water partition coefficient (Wildman–Crippen LogP) is 3.58. The van der Waals surface area contributed by atoms with Gasteiger partial charge in [0, 0.05) is 29.1 Å². The van der Waals surface area contributed by atoms with Crippen molar-refractivity contribution in [3.63, 3.8) is 0 Å². The molecule has 0 aliphatic carbocycles. The Morgan fingerprint density at radius 2 is 2.07 bits per heavy atom. The number of amides is 1. The van der Waals surface area contributed by atoms with E-state index in [-0.39, 0.29) is 11.6 Å². The van der Waals surface area contributed by atoms with E-state index in [2.05, 4.69) is 25.6 Å². The van der Waals surface area contributed by atoms with E-state index in [1.54, 1.807) is 49.2 Å². The molecule has 0 saturated heterocycles. The summed E-state index contributed by atoms with van der Waals surface area (Å²) >= 11 is 6.08. The molecule has 28 heavy (non-hydrogen) atoms. The number of H-pyrrole nitrogens is 1. The van der Waals surface area contributed by atoms with Crippen LogP contribution in [-0.2, 0) is 7.05 Å². The quantitative estimate of drug-likeness (QED) is 0.549. The van der Waals surface area contributed by atoms with Crippen molar-refractivity contribution < 1.29 is 9.53 Å². The Kier molecular flexibility index (Phi) is 4.48. The molecule has 3 heterocycles. The standard InChI is InChI=1S/C19H17ClN6O2/c1-10-12-5-6-14(21-18(12)26(2)25-10)19(27)22-17-9-15(23-24-17)13-8-11(20)4-7-16(13)28-3/h4-9H,1-3H3,(H2,22,23,24,27). The molecule has 0 atom stereocenters. The summed E-state index contributed by atoms with van der Waals surface area (Å²) in [4.78, 5) is 17.0. The van der Waals surface area contributed by atoms with Crippen LogP contribution in [0.3, 0.4) is 0 Å². The fourth-order valence-electron chi connectivity index (χ4n) is 3.02. The number of pyridine rings is 1. The first-order chi connectivity index (χ1) is 13.5. The maximum Gasteiger partial charge on any atom is 0.275 e. The minimum Gasteiger partial charge on any atom is -0.496 e. The third kappa shape index (κ3) is 3.18. The molecule has 0 aliphatic heterocycles. The minimum absolute atomic E-state index is 0.278. The molecule has 2 N–H and O–H groups in total. The molecule has 4 rings (SSSR count). The summed E-state index contributed by atoms with van der Waals surface area (Å²) in [6, 6.07) is 10.5. The van der Waals surface area contributed by atoms with E-state index in [1.807, 2.05) is 13.0 Å². The number of hydrogen-bond donors (Lipinski definition) is 2. The van der Waals surface area contributed by atoms with E-state index in [0.29, 0.717) is 27.9 Å². The van der Waals surface area contributed by atoms with Gasteiger partial charge in [0.1, 0.15) is 11.4 Å². The molecule has 0 saturated carbocycles. The molecule has 0 spiro atoms. The highest BCUT2D eigenvalue weighted by molar-refractivity contribution is 6.31. The first kappa shape index (κ1) is 18.0. The van der Waals surface area contributed by atoms with E-state index in [0.717, 1.165) is 16.6 Å². The number of methoxy groups -OCH3 is 1. The van der Waals surface area contributed by atoms with Crippen molar-refractivity contribution >= 4 is 34.4 Å². The zero-order valence-electron chi connectivity index (χ0n) is 15.4. The summed E-state index contributed by atoms with van der Waals surface area (Å²) in [5.41, 5.74) is 3.20. The molecule has 0 bridgehead atoms. The molecule has 0 fully saturated rings. The molecule has 0 radical (unpaired) electrons. The van der Waals surface area contributed by atoms with Gasteiger partial charge in [0.25, 0.3) is 5.91 Å². The number of nitrogens with one attached hydrogen (secondary N) is 2. The van der Waals surface area contributed by atoms with E-state index in [9.17, 15) is 4.79 Å². The lowest BCUT2D eigenvalue weighted by Crippen LogP contribution is -2.14. The predicted molar refractivity (Wildman–Crippen MR) is 107 cm³/mol. The largest absolute Gasteiger partial charge is 0.496 e. The number of anilines is 1. The van der Waals surface area contributed by atoms with Gasteiger partial charge in [-0.1, -0.05) is 11.6 Å². The summed E-state index contributed by atoms with van der Waals surface area (Å²) in [7, 11) is 3.37. The zero-order valence-corrected chi connectivity index (χ0v) is 16.2. The molecule has 9 heteroatoms. The van der Waals surface area contributed by atoms with Crippen LogP contribution in [0.4, 0.5) is 5.82 Å². The molecule has 3 aromatic heterocycles. The Labute approximate surface area is 165 Å². The number of fused-ring (bicyclic) bond motifs is 1. The maximum absolute atomic E-state index is 12.6. The van der Waals surface area contributed by atoms with Crippen molar-refractivity contribution in [2.24, 2.45) is 7.05 Å². The topological polar surface area (TPSA) is 97.7 Å². The number of carbonyl (C=O) groups is 1. The molecule has 1 amide bonds. The molecule has 0 aliphatic rings. The number of ether oxygens (including phenoxy) is 1. The number of carbonyl (C=O) groups excluding carboxylic acids is 1. The van der Waals surface area contributed by atoms with Crippen molar-refractivity contribution in [2.75, 3.05) is 12.4 Å². The monoisotopic (exact) mass is 396 g/mol. The van der Waals surface area contributed by atoms with Crippen molar-refractivity contribution in [3.8, 4) is 17.0 Å². The lowest BCUT2D eigenvalue weighted by molar-refractivity contribution is 0.102. The van der Waals surface area contributed by atoms with Crippen molar-refractivity contribution in [3.05, 3.63) is 52.8 Å². The van der Waals surface area contributed by atoms with Crippen LogP contribution in [0.15, 0.2) is 36.4 Å².